The van der Waals surface area contributed by atoms with Crippen molar-refractivity contribution < 1.29 is 9.53 Å². The van der Waals surface area contributed by atoms with Crippen LogP contribution in [0.15, 0.2) is 53.0 Å². The molecule has 2 heterocycles. The third-order valence-corrected chi connectivity index (χ3v) is 7.53. The van der Waals surface area contributed by atoms with Crippen LogP contribution >= 0.6 is 28.3 Å². The summed E-state index contributed by atoms with van der Waals surface area (Å²) in [7, 11) is 1.67. The van der Waals surface area contributed by atoms with Crippen LogP contribution < -0.4 is 10.5 Å². The molecule has 1 atom stereocenters. The Labute approximate surface area is 205 Å². The number of rotatable bonds is 7. The normalized spacial score (nSPS) is 19.1. The van der Waals surface area contributed by atoms with Crippen LogP contribution in [0.4, 0.5) is 0 Å². The average Bonchev–Trinajstić information content (AvgIpc) is 3.10. The van der Waals surface area contributed by atoms with E-state index in [4.69, 9.17) is 10.5 Å². The molecule has 1 unspecified atom stereocenters. The van der Waals surface area contributed by atoms with Gasteiger partial charge in [-0.05, 0) is 80.7 Å². The molecule has 5 nitrogen and oxygen atoms in total. The van der Waals surface area contributed by atoms with Crippen molar-refractivity contribution in [2.75, 3.05) is 33.3 Å². The first-order valence-electron chi connectivity index (χ1n) is 11.1. The molecule has 7 heteroatoms. The van der Waals surface area contributed by atoms with E-state index in [1.54, 1.807) is 7.11 Å². The molecule has 2 aromatic rings. The minimum atomic E-state index is -0.149. The number of amides is 1. The Kier molecular flexibility index (Phi) is 8.62. The van der Waals surface area contributed by atoms with Crippen molar-refractivity contribution in [2.45, 2.75) is 38.3 Å². The molecule has 0 aromatic heterocycles. The summed E-state index contributed by atoms with van der Waals surface area (Å²) in [5.74, 6) is 1.21. The van der Waals surface area contributed by atoms with E-state index in [1.807, 2.05) is 36.4 Å². The van der Waals surface area contributed by atoms with Crippen molar-refractivity contribution in [3.63, 3.8) is 0 Å². The van der Waals surface area contributed by atoms with Gasteiger partial charge in [-0.3, -0.25) is 4.79 Å². The van der Waals surface area contributed by atoms with Crippen molar-refractivity contribution in [1.82, 2.24) is 9.80 Å². The van der Waals surface area contributed by atoms with Crippen molar-refractivity contribution in [2.24, 2.45) is 11.1 Å². The lowest BCUT2D eigenvalue weighted by Crippen LogP contribution is -2.45. The van der Waals surface area contributed by atoms with E-state index in [0.717, 1.165) is 67.6 Å². The number of methoxy groups -OCH3 is 1. The van der Waals surface area contributed by atoms with Gasteiger partial charge in [0.25, 0.3) is 0 Å². The number of carbonyl (C=O) groups excluding carboxylic acids is 1. The van der Waals surface area contributed by atoms with Gasteiger partial charge in [-0.2, -0.15) is 0 Å². The number of nitrogens with two attached hydrogens (primary N) is 1. The molecule has 2 aliphatic heterocycles. The molecule has 2 aliphatic rings. The van der Waals surface area contributed by atoms with Crippen LogP contribution in [0.25, 0.3) is 0 Å². The van der Waals surface area contributed by atoms with Crippen LogP contribution in [-0.2, 0) is 11.3 Å². The fraction of sp³-hybridized carbons (Fsp3) is 0.480. The van der Waals surface area contributed by atoms with Gasteiger partial charge in [0.05, 0.1) is 12.5 Å². The summed E-state index contributed by atoms with van der Waals surface area (Å²) >= 11 is 3.48. The second-order valence-electron chi connectivity index (χ2n) is 8.89. The SMILES string of the molecule is COc1ccc(C(N)CCN2CCC3(CC2)CCN(Cc2ccc(Br)cc2)C3=O)cc1.Cl. The molecule has 32 heavy (non-hydrogen) atoms. The number of nitrogens with zero attached hydrogens (tertiary/aromatic N) is 2. The summed E-state index contributed by atoms with van der Waals surface area (Å²) in [5, 5.41) is 0. The zero-order valence-electron chi connectivity index (χ0n) is 18.6. The zero-order chi connectivity index (χ0) is 21.8. The van der Waals surface area contributed by atoms with E-state index < -0.39 is 0 Å². The molecule has 0 saturated carbocycles. The first kappa shape index (κ1) is 25.0. The minimum Gasteiger partial charge on any atom is -0.497 e. The Morgan fingerprint density at radius 2 is 1.66 bits per heavy atom. The maximum Gasteiger partial charge on any atom is 0.229 e. The van der Waals surface area contributed by atoms with Gasteiger partial charge in [-0.1, -0.05) is 40.2 Å². The number of benzene rings is 2. The molecule has 0 radical (unpaired) electrons. The first-order valence-corrected chi connectivity index (χ1v) is 11.9. The highest BCUT2D eigenvalue weighted by Crippen LogP contribution is 2.42. The summed E-state index contributed by atoms with van der Waals surface area (Å²) < 4.78 is 6.29. The Morgan fingerprint density at radius 1 is 1.03 bits per heavy atom. The number of ether oxygens (including phenoxy) is 1. The lowest BCUT2D eigenvalue weighted by Gasteiger charge is -2.38. The van der Waals surface area contributed by atoms with Crippen LogP contribution in [0.3, 0.4) is 0 Å². The van der Waals surface area contributed by atoms with Gasteiger partial charge in [0, 0.05) is 23.6 Å². The Balaban J connectivity index is 0.00000289. The summed E-state index contributed by atoms with van der Waals surface area (Å²) in [6, 6.07) is 16.3. The largest absolute Gasteiger partial charge is 0.497 e. The molecular weight excluding hydrogens is 490 g/mol. The highest BCUT2D eigenvalue weighted by molar-refractivity contribution is 9.10. The highest BCUT2D eigenvalue weighted by Gasteiger charge is 2.47. The van der Waals surface area contributed by atoms with Gasteiger partial charge in [0.15, 0.2) is 0 Å². The van der Waals surface area contributed by atoms with Gasteiger partial charge in [-0.25, -0.2) is 0 Å². The van der Waals surface area contributed by atoms with Gasteiger partial charge >= 0.3 is 0 Å². The second-order valence-corrected chi connectivity index (χ2v) is 9.81. The predicted molar refractivity (Wildman–Crippen MR) is 134 cm³/mol. The van der Waals surface area contributed by atoms with E-state index in [1.165, 1.54) is 5.56 Å². The first-order chi connectivity index (χ1) is 15.0. The quantitative estimate of drug-likeness (QED) is 0.568. The van der Waals surface area contributed by atoms with Crippen molar-refractivity contribution in [3.8, 4) is 5.75 Å². The van der Waals surface area contributed by atoms with Gasteiger partial charge in [0.2, 0.25) is 5.91 Å². The number of piperidine rings is 1. The van der Waals surface area contributed by atoms with Crippen LogP contribution in [0, 0.1) is 5.41 Å². The monoisotopic (exact) mass is 521 g/mol. The molecule has 2 fully saturated rings. The molecule has 2 saturated heterocycles. The van der Waals surface area contributed by atoms with Gasteiger partial charge in [0.1, 0.15) is 5.75 Å². The predicted octanol–water partition coefficient (Wildman–Crippen LogP) is 4.78. The molecule has 1 amide bonds. The Morgan fingerprint density at radius 3 is 2.28 bits per heavy atom. The fourth-order valence-corrected chi connectivity index (χ4v) is 5.13. The van der Waals surface area contributed by atoms with E-state index >= 15 is 0 Å². The molecular formula is C25H33BrClN3O2. The summed E-state index contributed by atoms with van der Waals surface area (Å²) in [5.41, 5.74) is 8.60. The third-order valence-electron chi connectivity index (χ3n) is 7.00. The minimum absolute atomic E-state index is 0. The lowest BCUT2D eigenvalue weighted by molar-refractivity contribution is -0.138. The van der Waals surface area contributed by atoms with E-state index in [0.29, 0.717) is 12.5 Å². The molecule has 174 valence electrons. The number of hydrogen-bond acceptors (Lipinski definition) is 4. The van der Waals surface area contributed by atoms with Crippen LogP contribution in [0.2, 0.25) is 0 Å². The Bertz CT molecular complexity index is 883. The lowest BCUT2D eigenvalue weighted by atomic mass is 9.77. The maximum absolute atomic E-state index is 13.2. The third kappa shape index (κ3) is 5.66. The van der Waals surface area contributed by atoms with Gasteiger partial charge in [-0.15, -0.1) is 12.4 Å². The summed E-state index contributed by atoms with van der Waals surface area (Å²) in [6.07, 6.45) is 3.82. The second kappa shape index (κ2) is 11.0. The number of halogens is 2. The molecule has 2 N–H and O–H groups in total. The van der Waals surface area contributed by atoms with E-state index in [-0.39, 0.29) is 23.9 Å². The molecule has 2 aromatic carbocycles. The van der Waals surface area contributed by atoms with Crippen LogP contribution in [-0.4, -0.2) is 49.0 Å². The zero-order valence-corrected chi connectivity index (χ0v) is 21.0. The molecule has 0 bridgehead atoms. The molecule has 0 aliphatic carbocycles. The topological polar surface area (TPSA) is 58.8 Å². The fourth-order valence-electron chi connectivity index (χ4n) is 4.86. The Hall–Kier alpha value is -1.60. The summed E-state index contributed by atoms with van der Waals surface area (Å²) in [4.78, 5) is 17.8. The van der Waals surface area contributed by atoms with Crippen LogP contribution in [0.1, 0.15) is 42.9 Å². The molecule has 1 spiro atoms. The van der Waals surface area contributed by atoms with Crippen LogP contribution in [0.5, 0.6) is 5.75 Å². The number of likely N-dealkylation sites (tertiary alicyclic amines) is 2. The smallest absolute Gasteiger partial charge is 0.229 e. The molecule has 4 rings (SSSR count). The number of hydrogen-bond donors (Lipinski definition) is 1. The van der Waals surface area contributed by atoms with Crippen molar-refractivity contribution in [1.29, 1.82) is 0 Å². The standard InChI is InChI=1S/C25H32BrN3O2.ClH/c1-31-22-8-4-20(5-9-22)23(27)10-14-28-15-11-25(12-16-28)13-17-29(24(25)30)18-19-2-6-21(26)7-3-19;/h2-9,23H,10-18,27H2,1H3;1H. The van der Waals surface area contributed by atoms with Crippen molar-refractivity contribution >= 4 is 34.2 Å². The van der Waals surface area contributed by atoms with Gasteiger partial charge < -0.3 is 20.3 Å². The maximum atomic E-state index is 13.2. The highest BCUT2D eigenvalue weighted by atomic mass is 79.9. The van der Waals surface area contributed by atoms with E-state index in [2.05, 4.69) is 37.9 Å². The average molecular weight is 523 g/mol. The van der Waals surface area contributed by atoms with E-state index in [9.17, 15) is 4.79 Å². The number of carbonyl (C=O) groups is 1. The summed E-state index contributed by atoms with van der Waals surface area (Å²) in [6.45, 7) is 4.52. The van der Waals surface area contributed by atoms with Crippen molar-refractivity contribution in [3.05, 3.63) is 64.1 Å².